The molecule has 4 N–H and O–H groups in total. The largest absolute Gasteiger partial charge is 0.490 e. The highest BCUT2D eigenvalue weighted by atomic mass is 32.2. The van der Waals surface area contributed by atoms with Crippen molar-refractivity contribution >= 4 is 62.2 Å². The minimum Gasteiger partial charge on any atom is -0.490 e. The Hall–Kier alpha value is -4.51. The van der Waals surface area contributed by atoms with Crippen molar-refractivity contribution in [3.63, 3.8) is 0 Å². The fraction of sp³-hybridized carbons (Fsp3) is 0.200. The summed E-state index contributed by atoms with van der Waals surface area (Å²) in [6, 6.07) is 15.3. The van der Waals surface area contributed by atoms with E-state index in [1.54, 1.807) is 25.1 Å². The van der Waals surface area contributed by atoms with Crippen molar-refractivity contribution < 1.29 is 36.7 Å². The van der Waals surface area contributed by atoms with E-state index in [4.69, 9.17) is 14.6 Å². The van der Waals surface area contributed by atoms with Crippen LogP contribution in [0.5, 0.6) is 11.5 Å². The van der Waals surface area contributed by atoms with Gasteiger partial charge in [0, 0.05) is 16.5 Å². The van der Waals surface area contributed by atoms with Crippen molar-refractivity contribution in [3.8, 4) is 11.5 Å². The lowest BCUT2D eigenvalue weighted by Gasteiger charge is -2.30. The summed E-state index contributed by atoms with van der Waals surface area (Å²) in [5.41, 5.74) is 1.17. The Morgan fingerprint density at radius 1 is 1.00 bits per heavy atom. The lowest BCUT2D eigenvalue weighted by atomic mass is 9.83. The van der Waals surface area contributed by atoms with Gasteiger partial charge in [0.25, 0.3) is 5.91 Å². The Morgan fingerprint density at radius 2 is 1.72 bits per heavy atom. The molecule has 16 heteroatoms. The molecule has 0 radical (unpaired) electrons. The molecule has 1 fully saturated rings. The fourth-order valence-corrected chi connectivity index (χ4v) is 8.43. The third-order valence-corrected chi connectivity index (χ3v) is 10.7. The number of anilines is 2. The second-order valence-electron chi connectivity index (χ2n) is 10.3. The van der Waals surface area contributed by atoms with Crippen LogP contribution in [0.2, 0.25) is 0 Å². The summed E-state index contributed by atoms with van der Waals surface area (Å²) in [5, 5.41) is 7.37. The van der Waals surface area contributed by atoms with E-state index in [9.17, 15) is 32.0 Å². The van der Waals surface area contributed by atoms with Gasteiger partial charge < -0.3 is 19.8 Å². The Kier molecular flexibility index (Phi) is 8.45. The zero-order valence-corrected chi connectivity index (χ0v) is 26.3. The molecule has 0 spiro atoms. The molecule has 3 atom stereocenters. The number of benzene rings is 3. The summed E-state index contributed by atoms with van der Waals surface area (Å²) in [7, 11) is -3.88. The normalized spacial score (nSPS) is 19.0. The first-order chi connectivity index (χ1) is 21.9. The van der Waals surface area contributed by atoms with Crippen LogP contribution in [0, 0.1) is 11.7 Å². The predicted octanol–water partition coefficient (Wildman–Crippen LogP) is 3.43. The molecule has 0 bridgehead atoms. The molecule has 2 aliphatic rings. The molecule has 238 valence electrons. The van der Waals surface area contributed by atoms with Gasteiger partial charge in [-0.3, -0.25) is 19.2 Å². The smallest absolute Gasteiger partial charge is 0.305 e. The number of hydrogen-bond acceptors (Lipinski definition) is 10. The maximum absolute atomic E-state index is 13.9. The van der Waals surface area contributed by atoms with Crippen LogP contribution in [-0.4, -0.2) is 49.6 Å². The van der Waals surface area contributed by atoms with Crippen molar-refractivity contribution in [1.82, 2.24) is 4.98 Å². The van der Waals surface area contributed by atoms with E-state index >= 15 is 0 Å². The lowest BCUT2D eigenvalue weighted by molar-refractivity contribution is -0.122. The molecule has 6 rings (SSSR count). The number of nitrogens with two attached hydrogens (primary N) is 1. The molecular formula is C30H25FN4O8S3. The molecule has 0 saturated carbocycles. The standard InChI is InChI=1S/C30H25FN4O8S3/c1-2-42-21-13-15(3-12-20(21)43-14-22(36)33-17-6-10-19(11-7-17)46(32,40)41)23-24-26(44-27-25(23)45-30(39)34-27)29(38)35(28(24)37)18-8-4-16(31)5-9-18/h3-13,23-24,26H,2,14H2,1H3,(H,33,36)(H,34,39)(H2,32,40,41). The van der Waals surface area contributed by atoms with Gasteiger partial charge in [-0.25, -0.2) is 22.8 Å². The van der Waals surface area contributed by atoms with E-state index in [2.05, 4.69) is 10.3 Å². The molecule has 1 aromatic heterocycles. The van der Waals surface area contributed by atoms with Crippen LogP contribution < -0.4 is 29.7 Å². The first-order valence-electron chi connectivity index (χ1n) is 13.8. The van der Waals surface area contributed by atoms with Crippen molar-refractivity contribution in [1.29, 1.82) is 0 Å². The van der Waals surface area contributed by atoms with Gasteiger partial charge in [-0.1, -0.05) is 29.2 Å². The van der Waals surface area contributed by atoms with Gasteiger partial charge in [0.15, 0.2) is 18.1 Å². The quantitative estimate of drug-likeness (QED) is 0.223. The number of nitrogens with zero attached hydrogens (tertiary/aromatic N) is 1. The Bertz CT molecular complexity index is 2010. The van der Waals surface area contributed by atoms with Crippen LogP contribution in [0.4, 0.5) is 15.8 Å². The van der Waals surface area contributed by atoms with Gasteiger partial charge in [0.1, 0.15) is 11.1 Å². The van der Waals surface area contributed by atoms with Crippen LogP contribution in [0.25, 0.3) is 0 Å². The van der Waals surface area contributed by atoms with Crippen molar-refractivity contribution in [2.75, 3.05) is 23.4 Å². The number of amides is 3. The molecule has 4 aromatic rings. The van der Waals surface area contributed by atoms with Crippen molar-refractivity contribution in [2.24, 2.45) is 11.1 Å². The molecule has 3 aromatic carbocycles. The molecule has 46 heavy (non-hydrogen) atoms. The zero-order valence-electron chi connectivity index (χ0n) is 23.9. The van der Waals surface area contributed by atoms with E-state index in [0.29, 0.717) is 21.2 Å². The number of hydrogen-bond donors (Lipinski definition) is 3. The van der Waals surface area contributed by atoms with Crippen LogP contribution in [0.1, 0.15) is 23.3 Å². The molecule has 3 heterocycles. The van der Waals surface area contributed by atoms with Crippen molar-refractivity contribution in [3.05, 3.63) is 92.7 Å². The number of aromatic nitrogens is 1. The predicted molar refractivity (Wildman–Crippen MR) is 168 cm³/mol. The van der Waals surface area contributed by atoms with Crippen LogP contribution in [-0.2, 0) is 24.4 Å². The maximum Gasteiger partial charge on any atom is 0.305 e. The van der Waals surface area contributed by atoms with Crippen LogP contribution >= 0.6 is 23.1 Å². The van der Waals surface area contributed by atoms with Crippen molar-refractivity contribution in [2.45, 2.75) is 28.0 Å². The average molecular weight is 685 g/mol. The van der Waals surface area contributed by atoms with Gasteiger partial charge in [-0.15, -0.1) is 0 Å². The molecule has 1 saturated heterocycles. The number of carbonyl (C=O) groups is 3. The number of carbonyl (C=O) groups excluding carboxylic acids is 3. The third-order valence-electron chi connectivity index (χ3n) is 7.36. The van der Waals surface area contributed by atoms with Gasteiger partial charge in [0.05, 0.1) is 28.1 Å². The van der Waals surface area contributed by atoms with E-state index in [-0.39, 0.29) is 33.6 Å². The summed E-state index contributed by atoms with van der Waals surface area (Å²) < 4.78 is 48.1. The highest BCUT2D eigenvalue weighted by molar-refractivity contribution is 8.00. The Morgan fingerprint density at radius 3 is 2.39 bits per heavy atom. The highest BCUT2D eigenvalue weighted by Crippen LogP contribution is 2.53. The fourth-order valence-electron chi connectivity index (χ4n) is 5.39. The number of thioether (sulfide) groups is 1. The summed E-state index contributed by atoms with van der Waals surface area (Å²) in [6.45, 7) is 1.59. The van der Waals surface area contributed by atoms with Crippen LogP contribution in [0.15, 0.2) is 81.4 Å². The first-order valence-corrected chi connectivity index (χ1v) is 17.0. The number of H-pyrrole nitrogens is 1. The molecule has 12 nitrogen and oxygen atoms in total. The summed E-state index contributed by atoms with van der Waals surface area (Å²) >= 11 is 2.08. The Labute approximate surface area is 269 Å². The monoisotopic (exact) mass is 684 g/mol. The molecule has 0 aliphatic carbocycles. The van der Waals surface area contributed by atoms with E-state index < -0.39 is 57.3 Å². The summed E-state index contributed by atoms with van der Waals surface area (Å²) in [6.07, 6.45) is 0. The van der Waals surface area contributed by atoms with Gasteiger partial charge in [-0.05, 0) is 73.2 Å². The maximum atomic E-state index is 13.9. The highest BCUT2D eigenvalue weighted by Gasteiger charge is 2.56. The summed E-state index contributed by atoms with van der Waals surface area (Å²) in [5.74, 6) is -3.03. The second kappa shape index (κ2) is 12.4. The number of primary sulfonamides is 1. The number of fused-ring (bicyclic) bond motifs is 2. The number of imide groups is 1. The topological polar surface area (TPSA) is 178 Å². The number of ether oxygens (including phenoxy) is 2. The first kappa shape index (κ1) is 31.5. The van der Waals surface area contributed by atoms with Gasteiger partial charge >= 0.3 is 4.87 Å². The number of thiazole rings is 1. The number of sulfonamides is 1. The Balaban J connectivity index is 1.27. The molecule has 2 aliphatic heterocycles. The van der Waals surface area contributed by atoms with Gasteiger partial charge in [-0.2, -0.15) is 0 Å². The van der Waals surface area contributed by atoms with E-state index in [1.165, 1.54) is 48.5 Å². The SMILES string of the molecule is CCOc1cc(C2c3sc(=O)[nH]c3SC3C(=O)N(c4ccc(F)cc4)C(=O)C32)ccc1OCC(=O)Nc1ccc(S(N)(=O)=O)cc1. The minimum atomic E-state index is -3.88. The third kappa shape index (κ3) is 6.03. The van der Waals surface area contributed by atoms with Gasteiger partial charge in [0.2, 0.25) is 21.8 Å². The number of rotatable bonds is 9. The average Bonchev–Trinajstić information content (AvgIpc) is 3.51. The molecular weight excluding hydrogens is 660 g/mol. The lowest BCUT2D eigenvalue weighted by Crippen LogP contribution is -2.32. The minimum absolute atomic E-state index is 0.100. The van der Waals surface area contributed by atoms with E-state index in [1.807, 2.05) is 0 Å². The zero-order chi connectivity index (χ0) is 32.7. The number of aromatic amines is 1. The van der Waals surface area contributed by atoms with Crippen LogP contribution in [0.3, 0.4) is 0 Å². The van der Waals surface area contributed by atoms with E-state index in [0.717, 1.165) is 28.0 Å². The number of halogens is 1. The summed E-state index contributed by atoms with van der Waals surface area (Å²) in [4.78, 5) is 56.5. The molecule has 3 amide bonds. The number of nitrogens with one attached hydrogen (secondary N) is 2. The second-order valence-corrected chi connectivity index (χ2v) is 14.0. The molecule has 3 unspecified atom stereocenters.